The van der Waals surface area contributed by atoms with Crippen LogP contribution in [0.15, 0.2) is 48.2 Å². The molecule has 0 spiro atoms. The zero-order valence-corrected chi connectivity index (χ0v) is 18.2. The highest BCUT2D eigenvalue weighted by Crippen LogP contribution is 2.30. The molecule has 2 heterocycles. The Labute approximate surface area is 190 Å². The molecule has 0 fully saturated rings. The summed E-state index contributed by atoms with van der Waals surface area (Å²) in [4.78, 5) is 25.4. The fourth-order valence-electron chi connectivity index (χ4n) is 4.37. The molecular formula is C26H22N4O3. The number of fused-ring (bicyclic) bond motifs is 3. The molecule has 0 amide bonds. The molecule has 5 rings (SSSR count). The number of pyridine rings is 1. The van der Waals surface area contributed by atoms with E-state index < -0.39 is 12.6 Å². The number of hydrogen-bond donors (Lipinski definition) is 2. The third kappa shape index (κ3) is 3.80. The van der Waals surface area contributed by atoms with Gasteiger partial charge in [-0.05, 0) is 62.4 Å². The van der Waals surface area contributed by atoms with Crippen LogP contribution in [0.5, 0.6) is 0 Å². The number of nitriles is 1. The number of carbonyl (C=O) groups is 1. The standard InChI is InChI=1S/C26H22N4O3/c1-15-10-11-20-17(12-15)24(16-6-2-3-7-19(16)28-20)26(32)33-14-23(31)18(13-27)25-29-21-8-4-5-9-22(21)30-25/h4-5,8-12,31H,2-3,6-7,14H2,1H3,(H,29,30). The molecule has 7 nitrogen and oxygen atoms in total. The lowest BCUT2D eigenvalue weighted by Gasteiger charge is -2.20. The third-order valence-corrected chi connectivity index (χ3v) is 5.99. The van der Waals surface area contributed by atoms with Crippen LogP contribution < -0.4 is 0 Å². The first-order valence-electron chi connectivity index (χ1n) is 10.9. The number of H-pyrrole nitrogens is 1. The summed E-state index contributed by atoms with van der Waals surface area (Å²) in [5, 5.41) is 20.9. The topological polar surface area (TPSA) is 112 Å². The van der Waals surface area contributed by atoms with E-state index in [0.717, 1.165) is 58.9 Å². The molecule has 2 aromatic carbocycles. The van der Waals surface area contributed by atoms with Gasteiger partial charge >= 0.3 is 5.97 Å². The van der Waals surface area contributed by atoms with Crippen molar-refractivity contribution in [1.82, 2.24) is 15.0 Å². The summed E-state index contributed by atoms with van der Waals surface area (Å²) < 4.78 is 5.51. The van der Waals surface area contributed by atoms with E-state index >= 15 is 0 Å². The van der Waals surface area contributed by atoms with E-state index in [1.807, 2.05) is 49.4 Å². The van der Waals surface area contributed by atoms with Gasteiger partial charge in [0.25, 0.3) is 0 Å². The van der Waals surface area contributed by atoms with Gasteiger partial charge in [-0.15, -0.1) is 0 Å². The van der Waals surface area contributed by atoms with Crippen LogP contribution in [0.1, 0.15) is 45.8 Å². The van der Waals surface area contributed by atoms with Gasteiger partial charge in [0.1, 0.15) is 18.2 Å². The van der Waals surface area contributed by atoms with Crippen molar-refractivity contribution < 1.29 is 14.6 Å². The summed E-state index contributed by atoms with van der Waals surface area (Å²) in [6.07, 6.45) is 3.62. The molecule has 0 unspecified atom stereocenters. The van der Waals surface area contributed by atoms with Crippen LogP contribution in [0.2, 0.25) is 0 Å². The molecule has 1 aliphatic carbocycles. The van der Waals surface area contributed by atoms with Gasteiger partial charge in [0.2, 0.25) is 0 Å². The number of para-hydroxylation sites is 2. The number of aromatic nitrogens is 3. The second-order valence-electron chi connectivity index (χ2n) is 8.25. The molecule has 0 saturated heterocycles. The molecule has 1 aliphatic rings. The SMILES string of the molecule is Cc1ccc2nc3c(c(C(=O)OCC(O)=C(C#N)c4nc5ccccc5[nH]4)c2c1)CCCC3. The monoisotopic (exact) mass is 438 g/mol. The van der Waals surface area contributed by atoms with E-state index in [1.165, 1.54) is 0 Å². The normalized spacial score (nSPS) is 13.9. The highest BCUT2D eigenvalue weighted by atomic mass is 16.5. The molecule has 0 saturated carbocycles. The van der Waals surface area contributed by atoms with Crippen molar-refractivity contribution in [3.63, 3.8) is 0 Å². The number of hydrogen-bond acceptors (Lipinski definition) is 6. The predicted molar refractivity (Wildman–Crippen MR) is 125 cm³/mol. The first kappa shape index (κ1) is 20.7. The number of aliphatic hydroxyl groups is 1. The van der Waals surface area contributed by atoms with Crippen LogP contribution in [0.3, 0.4) is 0 Å². The van der Waals surface area contributed by atoms with Crippen molar-refractivity contribution >= 4 is 33.5 Å². The van der Waals surface area contributed by atoms with Crippen molar-refractivity contribution in [1.29, 1.82) is 5.26 Å². The van der Waals surface area contributed by atoms with Gasteiger partial charge in [0.05, 0.1) is 22.1 Å². The number of imidazole rings is 1. The lowest BCUT2D eigenvalue weighted by atomic mass is 9.89. The van der Waals surface area contributed by atoms with Crippen molar-refractivity contribution in [2.75, 3.05) is 6.61 Å². The van der Waals surface area contributed by atoms with Gasteiger partial charge < -0.3 is 14.8 Å². The molecule has 164 valence electrons. The minimum Gasteiger partial charge on any atom is -0.507 e. The number of allylic oxidation sites excluding steroid dienone is 1. The van der Waals surface area contributed by atoms with E-state index in [4.69, 9.17) is 9.72 Å². The highest BCUT2D eigenvalue weighted by molar-refractivity contribution is 6.05. The van der Waals surface area contributed by atoms with Gasteiger partial charge in [-0.2, -0.15) is 5.26 Å². The number of nitrogens with one attached hydrogen (secondary N) is 1. The molecule has 0 radical (unpaired) electrons. The predicted octanol–water partition coefficient (Wildman–Crippen LogP) is 4.95. The Hall–Kier alpha value is -4.18. The van der Waals surface area contributed by atoms with Crippen molar-refractivity contribution in [2.45, 2.75) is 32.6 Å². The van der Waals surface area contributed by atoms with E-state index in [-0.39, 0.29) is 17.2 Å². The van der Waals surface area contributed by atoms with Gasteiger partial charge in [-0.25, -0.2) is 9.78 Å². The molecule has 0 bridgehead atoms. The fraction of sp³-hybridized carbons (Fsp3) is 0.231. The Bertz CT molecular complexity index is 1440. The quantitative estimate of drug-likeness (QED) is 0.265. The zero-order chi connectivity index (χ0) is 22.9. The van der Waals surface area contributed by atoms with Gasteiger partial charge in [0.15, 0.2) is 11.6 Å². The second-order valence-corrected chi connectivity index (χ2v) is 8.25. The molecule has 0 aliphatic heterocycles. The van der Waals surface area contributed by atoms with Gasteiger partial charge in [-0.1, -0.05) is 23.8 Å². The Kier molecular flexibility index (Phi) is 5.27. The Morgan fingerprint density at radius 3 is 2.79 bits per heavy atom. The lowest BCUT2D eigenvalue weighted by molar-refractivity contribution is 0.0503. The van der Waals surface area contributed by atoms with E-state index in [0.29, 0.717) is 11.1 Å². The van der Waals surface area contributed by atoms with Crippen LogP contribution >= 0.6 is 0 Å². The highest BCUT2D eigenvalue weighted by Gasteiger charge is 2.24. The lowest BCUT2D eigenvalue weighted by Crippen LogP contribution is -2.17. The van der Waals surface area contributed by atoms with E-state index in [2.05, 4.69) is 9.97 Å². The third-order valence-electron chi connectivity index (χ3n) is 5.99. The van der Waals surface area contributed by atoms with Crippen molar-refractivity contribution in [3.05, 3.63) is 76.4 Å². The van der Waals surface area contributed by atoms with Crippen molar-refractivity contribution in [3.8, 4) is 6.07 Å². The number of rotatable bonds is 4. The minimum absolute atomic E-state index is 0.0588. The van der Waals surface area contributed by atoms with Crippen LogP contribution in [0.25, 0.3) is 27.5 Å². The van der Waals surface area contributed by atoms with Crippen LogP contribution in [-0.2, 0) is 17.6 Å². The average molecular weight is 438 g/mol. The van der Waals surface area contributed by atoms with Gasteiger partial charge in [-0.3, -0.25) is 4.98 Å². The largest absolute Gasteiger partial charge is 0.507 e. The summed E-state index contributed by atoms with van der Waals surface area (Å²) >= 11 is 0. The molecule has 4 aromatic rings. The molecule has 2 aromatic heterocycles. The molecule has 7 heteroatoms. The Morgan fingerprint density at radius 1 is 1.15 bits per heavy atom. The van der Waals surface area contributed by atoms with Gasteiger partial charge in [0, 0.05) is 11.1 Å². The Morgan fingerprint density at radius 2 is 1.97 bits per heavy atom. The number of aliphatic hydroxyl groups excluding tert-OH is 1. The smallest absolute Gasteiger partial charge is 0.339 e. The average Bonchev–Trinajstić information content (AvgIpc) is 3.25. The maximum absolute atomic E-state index is 13.2. The first-order valence-corrected chi connectivity index (χ1v) is 10.9. The number of ether oxygens (including phenoxy) is 1. The molecule has 2 N–H and O–H groups in total. The molecule has 33 heavy (non-hydrogen) atoms. The van der Waals surface area contributed by atoms with Crippen LogP contribution in [-0.4, -0.2) is 32.6 Å². The van der Waals surface area contributed by atoms with Crippen molar-refractivity contribution in [2.24, 2.45) is 0 Å². The number of aromatic amines is 1. The number of aryl methyl sites for hydroxylation is 2. The summed E-state index contributed by atoms with van der Waals surface area (Å²) in [7, 11) is 0. The Balaban J connectivity index is 1.48. The summed E-state index contributed by atoms with van der Waals surface area (Å²) in [5.41, 5.74) is 5.51. The minimum atomic E-state index is -0.528. The van der Waals surface area contributed by atoms with E-state index in [1.54, 1.807) is 6.07 Å². The molecule has 0 atom stereocenters. The first-order chi connectivity index (χ1) is 16.0. The van der Waals surface area contributed by atoms with Crippen LogP contribution in [0.4, 0.5) is 0 Å². The number of nitrogens with zero attached hydrogens (tertiary/aromatic N) is 3. The number of esters is 1. The second kappa shape index (κ2) is 8.40. The fourth-order valence-corrected chi connectivity index (χ4v) is 4.37. The number of carbonyl (C=O) groups excluding carboxylic acids is 1. The van der Waals surface area contributed by atoms with Crippen LogP contribution in [0, 0.1) is 18.3 Å². The summed E-state index contributed by atoms with van der Waals surface area (Å²) in [5.74, 6) is -0.650. The summed E-state index contributed by atoms with van der Waals surface area (Å²) in [6, 6.07) is 15.1. The zero-order valence-electron chi connectivity index (χ0n) is 18.2. The molecular weight excluding hydrogens is 416 g/mol. The van der Waals surface area contributed by atoms with E-state index in [9.17, 15) is 15.2 Å². The maximum atomic E-state index is 13.2. The number of benzene rings is 2. The summed E-state index contributed by atoms with van der Waals surface area (Å²) in [6.45, 7) is 1.54. The maximum Gasteiger partial charge on any atom is 0.339 e.